The standard InChI is InChI=1S/C21H26F3N3O7S.C2HF3O2/c1-5-20(19(30)33-4)16-15(17(28)26(3)18(16)29)14(25-20)11-27(6-2)35(31,32)13-9-7-12(8-10-13)34-21(22,23)24;3-2(4,5)1(6)7/h7-10,14-16,25H,5-6,11H2,1-4H3;(H,6,7)/t14-,15+,16-,20-;/m1./s1. The molecule has 0 spiro atoms. The van der Waals surface area contributed by atoms with Crippen LogP contribution in [0.15, 0.2) is 29.2 Å². The van der Waals surface area contributed by atoms with E-state index in [2.05, 4.69) is 10.1 Å². The molecule has 4 atom stereocenters. The summed E-state index contributed by atoms with van der Waals surface area (Å²) in [5, 5.41) is 10.1. The summed E-state index contributed by atoms with van der Waals surface area (Å²) in [5.74, 6) is -7.25. The second-order valence-electron chi connectivity index (χ2n) is 9.08. The molecule has 2 aliphatic rings. The number of imide groups is 1. The van der Waals surface area contributed by atoms with Gasteiger partial charge < -0.3 is 14.6 Å². The maximum Gasteiger partial charge on any atom is 0.573 e. The monoisotopic (exact) mass is 635 g/mol. The van der Waals surface area contributed by atoms with Gasteiger partial charge in [0.2, 0.25) is 21.8 Å². The van der Waals surface area contributed by atoms with Crippen LogP contribution < -0.4 is 10.1 Å². The Morgan fingerprint density at radius 3 is 2.00 bits per heavy atom. The van der Waals surface area contributed by atoms with Crippen LogP contribution in [0.3, 0.4) is 0 Å². The molecule has 2 aliphatic heterocycles. The van der Waals surface area contributed by atoms with Crippen molar-refractivity contribution in [2.75, 3.05) is 27.2 Å². The SMILES string of the molecule is CCN(C[C@H]1N[C@@](CC)(C(=O)OC)[C@H]2C(=O)N(C)C(=O)[C@@H]12)S(=O)(=O)c1ccc(OC(F)(F)F)cc1.O=C(O)C(F)(F)F. The van der Waals surface area contributed by atoms with Crippen molar-refractivity contribution in [3.8, 4) is 5.75 Å². The Morgan fingerprint density at radius 2 is 1.60 bits per heavy atom. The number of hydrogen-bond acceptors (Lipinski definition) is 9. The molecule has 0 aromatic heterocycles. The first-order valence-electron chi connectivity index (χ1n) is 12.0. The summed E-state index contributed by atoms with van der Waals surface area (Å²) in [6.45, 7) is 2.88. The molecular formula is C23H27F6N3O9S. The summed E-state index contributed by atoms with van der Waals surface area (Å²) in [6, 6.07) is 2.82. The van der Waals surface area contributed by atoms with E-state index in [0.717, 1.165) is 40.6 Å². The number of nitrogens with one attached hydrogen (secondary N) is 1. The topological polar surface area (TPSA) is 160 Å². The number of carboxylic acids is 1. The molecule has 1 aromatic carbocycles. The van der Waals surface area contributed by atoms with E-state index in [1.165, 1.54) is 7.05 Å². The van der Waals surface area contributed by atoms with Gasteiger partial charge in [-0.1, -0.05) is 13.8 Å². The minimum absolute atomic E-state index is 0.0476. The highest BCUT2D eigenvalue weighted by Crippen LogP contribution is 2.45. The first-order chi connectivity index (χ1) is 19.2. The van der Waals surface area contributed by atoms with E-state index in [9.17, 15) is 49.1 Å². The number of halogens is 6. The fourth-order valence-electron chi connectivity index (χ4n) is 4.84. The highest BCUT2D eigenvalue weighted by molar-refractivity contribution is 7.89. The Kier molecular flexibility index (Phi) is 10.3. The van der Waals surface area contributed by atoms with Gasteiger partial charge in [-0.05, 0) is 30.7 Å². The fourth-order valence-corrected chi connectivity index (χ4v) is 6.32. The number of carbonyl (C=O) groups excluding carboxylic acids is 3. The molecule has 0 unspecified atom stereocenters. The van der Waals surface area contributed by atoms with Crippen LogP contribution in [0.2, 0.25) is 0 Å². The Bertz CT molecular complexity index is 1300. The number of ether oxygens (including phenoxy) is 2. The molecule has 2 N–H and O–H groups in total. The predicted octanol–water partition coefficient (Wildman–Crippen LogP) is 1.75. The number of hydrogen-bond donors (Lipinski definition) is 2. The molecule has 12 nitrogen and oxygen atoms in total. The van der Waals surface area contributed by atoms with Crippen LogP contribution in [-0.4, -0.2) is 97.8 Å². The molecule has 236 valence electrons. The Morgan fingerprint density at radius 1 is 1.07 bits per heavy atom. The molecule has 0 bridgehead atoms. The number of alkyl halides is 6. The molecule has 0 aliphatic carbocycles. The van der Waals surface area contributed by atoms with Crippen molar-refractivity contribution in [1.82, 2.24) is 14.5 Å². The lowest BCUT2D eigenvalue weighted by atomic mass is 9.78. The average molecular weight is 636 g/mol. The Balaban J connectivity index is 0.000000782. The number of fused-ring (bicyclic) bond motifs is 1. The van der Waals surface area contributed by atoms with Crippen molar-refractivity contribution < 1.29 is 68.5 Å². The summed E-state index contributed by atoms with van der Waals surface area (Å²) in [7, 11) is -1.75. The van der Waals surface area contributed by atoms with E-state index in [1.54, 1.807) is 13.8 Å². The summed E-state index contributed by atoms with van der Waals surface area (Å²) in [4.78, 5) is 48.0. The van der Waals surface area contributed by atoms with E-state index < -0.39 is 75.5 Å². The number of likely N-dealkylation sites (tertiary alicyclic amines) is 1. The second kappa shape index (κ2) is 12.4. The summed E-state index contributed by atoms with van der Waals surface area (Å²) < 4.78 is 105. The van der Waals surface area contributed by atoms with Gasteiger partial charge in [-0.3, -0.25) is 24.6 Å². The smallest absolute Gasteiger partial charge is 0.475 e. The number of aliphatic carboxylic acids is 1. The zero-order valence-electron chi connectivity index (χ0n) is 22.4. The first kappa shape index (κ1) is 34.7. The summed E-state index contributed by atoms with van der Waals surface area (Å²) in [5.41, 5.74) is -1.51. The van der Waals surface area contributed by atoms with Gasteiger partial charge in [0.05, 0.1) is 23.8 Å². The van der Waals surface area contributed by atoms with Gasteiger partial charge in [0.1, 0.15) is 11.3 Å². The lowest BCUT2D eigenvalue weighted by Crippen LogP contribution is -2.58. The molecule has 0 saturated carbocycles. The number of methoxy groups -OCH3 is 1. The minimum Gasteiger partial charge on any atom is -0.475 e. The minimum atomic E-state index is -5.08. The van der Waals surface area contributed by atoms with Crippen molar-refractivity contribution in [3.05, 3.63) is 24.3 Å². The third-order valence-corrected chi connectivity index (χ3v) is 8.73. The van der Waals surface area contributed by atoms with Gasteiger partial charge in [0.15, 0.2) is 0 Å². The van der Waals surface area contributed by atoms with Gasteiger partial charge >= 0.3 is 24.5 Å². The molecular weight excluding hydrogens is 608 g/mol. The van der Waals surface area contributed by atoms with Gasteiger partial charge in [0.25, 0.3) is 0 Å². The van der Waals surface area contributed by atoms with Crippen LogP contribution in [0, 0.1) is 11.8 Å². The lowest BCUT2D eigenvalue weighted by molar-refractivity contribution is -0.274. The van der Waals surface area contributed by atoms with Crippen molar-refractivity contribution in [1.29, 1.82) is 0 Å². The molecule has 3 rings (SSSR count). The van der Waals surface area contributed by atoms with E-state index >= 15 is 0 Å². The molecule has 1 aromatic rings. The molecule has 0 radical (unpaired) electrons. The maximum atomic E-state index is 13.3. The van der Waals surface area contributed by atoms with Crippen LogP contribution in [-0.2, 0) is 33.9 Å². The molecule has 19 heteroatoms. The first-order valence-corrected chi connectivity index (χ1v) is 13.5. The largest absolute Gasteiger partial charge is 0.573 e. The third-order valence-electron chi connectivity index (χ3n) is 6.78. The fraction of sp³-hybridized carbons (Fsp3) is 0.565. The normalized spacial score (nSPS) is 24.3. The zero-order valence-corrected chi connectivity index (χ0v) is 23.3. The average Bonchev–Trinajstić information content (AvgIpc) is 3.34. The molecule has 42 heavy (non-hydrogen) atoms. The maximum absolute atomic E-state index is 13.3. The van der Waals surface area contributed by atoms with E-state index in [1.807, 2.05) is 0 Å². The number of esters is 1. The number of rotatable bonds is 8. The second-order valence-corrected chi connectivity index (χ2v) is 11.0. The van der Waals surface area contributed by atoms with Gasteiger partial charge in [-0.15, -0.1) is 13.2 Å². The van der Waals surface area contributed by atoms with E-state index in [4.69, 9.17) is 14.6 Å². The van der Waals surface area contributed by atoms with Crippen LogP contribution in [0.25, 0.3) is 0 Å². The number of nitrogens with zero attached hydrogens (tertiary/aromatic N) is 2. The number of amides is 2. The molecule has 2 saturated heterocycles. The van der Waals surface area contributed by atoms with E-state index in [-0.39, 0.29) is 24.4 Å². The molecule has 2 heterocycles. The quantitative estimate of drug-likeness (QED) is 0.245. The number of carboxylic acid groups (broad SMARTS) is 1. The van der Waals surface area contributed by atoms with Crippen LogP contribution in [0.5, 0.6) is 5.75 Å². The number of carbonyl (C=O) groups is 4. The van der Waals surface area contributed by atoms with Crippen molar-refractivity contribution in [2.24, 2.45) is 11.8 Å². The number of likely N-dealkylation sites (N-methyl/N-ethyl adjacent to an activating group) is 1. The number of sulfonamides is 1. The number of benzene rings is 1. The predicted molar refractivity (Wildman–Crippen MR) is 128 cm³/mol. The zero-order chi connectivity index (χ0) is 32.4. The highest BCUT2D eigenvalue weighted by Gasteiger charge is 2.67. The lowest BCUT2D eigenvalue weighted by Gasteiger charge is -2.31. The third kappa shape index (κ3) is 6.95. The van der Waals surface area contributed by atoms with Crippen molar-refractivity contribution >= 4 is 33.8 Å². The Labute approximate surface area is 235 Å². The molecule has 2 amide bonds. The van der Waals surface area contributed by atoms with Crippen LogP contribution in [0.4, 0.5) is 26.3 Å². The van der Waals surface area contributed by atoms with Crippen LogP contribution >= 0.6 is 0 Å². The van der Waals surface area contributed by atoms with Crippen LogP contribution in [0.1, 0.15) is 20.3 Å². The van der Waals surface area contributed by atoms with Gasteiger partial charge in [-0.2, -0.15) is 17.5 Å². The summed E-state index contributed by atoms with van der Waals surface area (Å²) >= 11 is 0. The summed E-state index contributed by atoms with van der Waals surface area (Å²) in [6.07, 6.45) is -9.89. The van der Waals surface area contributed by atoms with Crippen molar-refractivity contribution in [2.45, 2.75) is 49.3 Å². The Hall–Kier alpha value is -3.45. The van der Waals surface area contributed by atoms with E-state index in [0.29, 0.717) is 0 Å². The molecule has 2 fully saturated rings. The van der Waals surface area contributed by atoms with Gasteiger partial charge in [0, 0.05) is 26.2 Å². The van der Waals surface area contributed by atoms with Gasteiger partial charge in [-0.25, -0.2) is 13.2 Å². The van der Waals surface area contributed by atoms with Crippen molar-refractivity contribution in [3.63, 3.8) is 0 Å². The highest BCUT2D eigenvalue weighted by atomic mass is 32.2.